The van der Waals surface area contributed by atoms with Gasteiger partial charge in [-0.25, -0.2) is 22.9 Å². The van der Waals surface area contributed by atoms with Crippen LogP contribution in [0.1, 0.15) is 15.9 Å². The molecule has 1 N–H and O–H groups in total. The molecule has 3 rings (SSSR count). The Bertz CT molecular complexity index is 933. The van der Waals surface area contributed by atoms with Gasteiger partial charge in [-0.15, -0.1) is 0 Å². The second-order valence-electron chi connectivity index (χ2n) is 5.08. The van der Waals surface area contributed by atoms with E-state index in [0.29, 0.717) is 5.56 Å². The van der Waals surface area contributed by atoms with Crippen LogP contribution < -0.4 is 0 Å². The van der Waals surface area contributed by atoms with E-state index >= 15 is 0 Å². The lowest BCUT2D eigenvalue weighted by Crippen LogP contribution is -1.97. The van der Waals surface area contributed by atoms with Crippen molar-refractivity contribution >= 4 is 5.97 Å². The average Bonchev–Trinajstić information content (AvgIpc) is 3.06. The Morgan fingerprint density at radius 1 is 1.12 bits per heavy atom. The molecule has 2 aromatic carbocycles. The minimum absolute atomic E-state index is 0.0937. The molecular weight excluding hydrogens is 323 g/mol. The highest BCUT2D eigenvalue weighted by atomic mass is 19.2. The van der Waals surface area contributed by atoms with Gasteiger partial charge in [0, 0.05) is 11.1 Å². The maximum Gasteiger partial charge on any atom is 0.335 e. The molecule has 0 aliphatic heterocycles. The first-order valence-corrected chi connectivity index (χ1v) is 6.82. The second-order valence-corrected chi connectivity index (χ2v) is 5.08. The average molecular weight is 333 g/mol. The number of rotatable bonds is 3. The molecule has 0 saturated carbocycles. The number of halogens is 3. The van der Waals surface area contributed by atoms with Gasteiger partial charge in [0.1, 0.15) is 17.8 Å². The topological polar surface area (TPSA) is 63.3 Å². The largest absolute Gasteiger partial charge is 0.478 e. The summed E-state index contributed by atoms with van der Waals surface area (Å²) in [5.74, 6) is -4.80. The first-order chi connectivity index (χ1) is 11.4. The minimum atomic E-state index is -1.30. The highest BCUT2D eigenvalue weighted by molar-refractivity contribution is 5.88. The minimum Gasteiger partial charge on any atom is -0.478 e. The van der Waals surface area contributed by atoms with Gasteiger partial charge in [-0.05, 0) is 25.1 Å². The quantitative estimate of drug-likeness (QED) is 0.720. The maximum atomic E-state index is 14.0. The van der Waals surface area contributed by atoms with Crippen LogP contribution in [0.3, 0.4) is 0 Å². The molecule has 1 aromatic heterocycles. The summed E-state index contributed by atoms with van der Waals surface area (Å²) in [6.07, 6.45) is 1.19. The third kappa shape index (κ3) is 2.64. The summed E-state index contributed by atoms with van der Waals surface area (Å²) >= 11 is 0. The summed E-state index contributed by atoms with van der Waals surface area (Å²) in [6.45, 7) is 1.13. The lowest BCUT2D eigenvalue weighted by molar-refractivity contribution is 0.0697. The van der Waals surface area contributed by atoms with Crippen LogP contribution in [-0.4, -0.2) is 16.1 Å². The standard InChI is InChI=1S/C17H10F3NO3/c1-8-12(18)6-11(15(20)14(8)19)16-21-13(7-24-16)9-2-4-10(5-3-9)17(22)23/h2-7H,1H3,(H,22,23). The monoisotopic (exact) mass is 333 g/mol. The molecule has 7 heteroatoms. The van der Waals surface area contributed by atoms with Crippen LogP contribution in [0.5, 0.6) is 0 Å². The van der Waals surface area contributed by atoms with Crippen LogP contribution in [0.25, 0.3) is 22.7 Å². The van der Waals surface area contributed by atoms with Crippen LogP contribution in [0.4, 0.5) is 13.2 Å². The van der Waals surface area contributed by atoms with Crippen LogP contribution in [0.2, 0.25) is 0 Å². The van der Waals surface area contributed by atoms with Gasteiger partial charge in [-0.1, -0.05) is 12.1 Å². The van der Waals surface area contributed by atoms with Gasteiger partial charge in [-0.2, -0.15) is 0 Å². The summed E-state index contributed by atoms with van der Waals surface area (Å²) in [5.41, 5.74) is 0.0404. The zero-order valence-corrected chi connectivity index (χ0v) is 12.3. The van der Waals surface area contributed by atoms with E-state index in [1.165, 1.54) is 30.5 Å². The van der Waals surface area contributed by atoms with Crippen molar-refractivity contribution in [3.8, 4) is 22.7 Å². The third-order valence-electron chi connectivity index (χ3n) is 3.55. The number of nitrogens with zero attached hydrogens (tertiary/aromatic N) is 1. The molecule has 0 atom stereocenters. The molecule has 4 nitrogen and oxygen atoms in total. The summed E-state index contributed by atoms with van der Waals surface area (Å²) in [7, 11) is 0. The molecule has 122 valence electrons. The maximum absolute atomic E-state index is 14.0. The number of hydrogen-bond acceptors (Lipinski definition) is 3. The molecule has 0 radical (unpaired) electrons. The molecular formula is C17H10F3NO3. The normalized spacial score (nSPS) is 10.8. The van der Waals surface area contributed by atoms with Crippen LogP contribution in [0, 0.1) is 24.4 Å². The Balaban J connectivity index is 2.01. The van der Waals surface area contributed by atoms with E-state index in [-0.39, 0.29) is 17.1 Å². The SMILES string of the molecule is Cc1c(F)cc(-c2nc(-c3ccc(C(=O)O)cc3)co2)c(F)c1F. The van der Waals surface area contributed by atoms with Crippen LogP contribution in [0.15, 0.2) is 41.0 Å². The predicted molar refractivity (Wildman–Crippen MR) is 78.9 cm³/mol. The van der Waals surface area contributed by atoms with E-state index in [1.807, 2.05) is 0 Å². The first kappa shape index (κ1) is 15.8. The van der Waals surface area contributed by atoms with Crippen molar-refractivity contribution in [1.82, 2.24) is 4.98 Å². The van der Waals surface area contributed by atoms with E-state index < -0.39 is 34.5 Å². The lowest BCUT2D eigenvalue weighted by atomic mass is 10.1. The number of aromatic nitrogens is 1. The molecule has 0 unspecified atom stereocenters. The van der Waals surface area contributed by atoms with Crippen molar-refractivity contribution in [1.29, 1.82) is 0 Å². The number of carboxylic acids is 1. The smallest absolute Gasteiger partial charge is 0.335 e. The third-order valence-corrected chi connectivity index (χ3v) is 3.55. The molecule has 0 amide bonds. The zero-order valence-electron chi connectivity index (χ0n) is 12.3. The Morgan fingerprint density at radius 2 is 1.79 bits per heavy atom. The van der Waals surface area contributed by atoms with E-state index in [4.69, 9.17) is 9.52 Å². The predicted octanol–water partition coefficient (Wildman–Crippen LogP) is 4.43. The number of hydrogen-bond donors (Lipinski definition) is 1. The number of carbonyl (C=O) groups is 1. The Kier molecular flexibility index (Phi) is 3.84. The Hall–Kier alpha value is -3.09. The van der Waals surface area contributed by atoms with Crippen LogP contribution in [-0.2, 0) is 0 Å². The molecule has 1 heterocycles. The number of oxazole rings is 1. The Morgan fingerprint density at radius 3 is 2.42 bits per heavy atom. The molecule has 0 spiro atoms. The van der Waals surface area contributed by atoms with E-state index in [1.54, 1.807) is 0 Å². The lowest BCUT2D eigenvalue weighted by Gasteiger charge is -2.04. The van der Waals surface area contributed by atoms with Gasteiger partial charge in [0.15, 0.2) is 11.6 Å². The van der Waals surface area contributed by atoms with Crippen molar-refractivity contribution in [2.75, 3.05) is 0 Å². The van der Waals surface area contributed by atoms with Gasteiger partial charge in [0.25, 0.3) is 0 Å². The summed E-state index contributed by atoms with van der Waals surface area (Å²) in [5, 5.41) is 8.86. The van der Waals surface area contributed by atoms with Crippen molar-refractivity contribution in [2.45, 2.75) is 6.92 Å². The summed E-state index contributed by atoms with van der Waals surface area (Å²) in [4.78, 5) is 14.8. The fourth-order valence-electron chi connectivity index (χ4n) is 2.16. The number of aromatic carboxylic acids is 1. The molecule has 0 bridgehead atoms. The second kappa shape index (κ2) is 5.84. The molecule has 3 aromatic rings. The molecule has 0 saturated heterocycles. The van der Waals surface area contributed by atoms with Gasteiger partial charge in [0.05, 0.1) is 11.1 Å². The summed E-state index contributed by atoms with van der Waals surface area (Å²) < 4.78 is 46.4. The fraction of sp³-hybridized carbons (Fsp3) is 0.0588. The van der Waals surface area contributed by atoms with Crippen molar-refractivity contribution in [3.63, 3.8) is 0 Å². The van der Waals surface area contributed by atoms with Crippen molar-refractivity contribution < 1.29 is 27.5 Å². The van der Waals surface area contributed by atoms with E-state index in [9.17, 15) is 18.0 Å². The van der Waals surface area contributed by atoms with Gasteiger partial charge in [-0.3, -0.25) is 0 Å². The molecule has 0 aliphatic carbocycles. The Labute approximate surface area is 134 Å². The van der Waals surface area contributed by atoms with E-state index in [0.717, 1.165) is 13.0 Å². The summed E-state index contributed by atoms with van der Waals surface area (Å²) in [6, 6.07) is 6.56. The van der Waals surface area contributed by atoms with E-state index in [2.05, 4.69) is 4.98 Å². The van der Waals surface area contributed by atoms with Crippen molar-refractivity contribution in [2.24, 2.45) is 0 Å². The van der Waals surface area contributed by atoms with Gasteiger partial charge >= 0.3 is 5.97 Å². The highest BCUT2D eigenvalue weighted by Gasteiger charge is 2.20. The molecule has 0 fully saturated rings. The number of carboxylic acid groups (broad SMARTS) is 1. The van der Waals surface area contributed by atoms with Gasteiger partial charge in [0.2, 0.25) is 5.89 Å². The molecule has 24 heavy (non-hydrogen) atoms. The van der Waals surface area contributed by atoms with Crippen molar-refractivity contribution in [3.05, 3.63) is 65.2 Å². The fourth-order valence-corrected chi connectivity index (χ4v) is 2.16. The zero-order chi connectivity index (χ0) is 17.4. The first-order valence-electron chi connectivity index (χ1n) is 6.82. The highest BCUT2D eigenvalue weighted by Crippen LogP contribution is 2.30. The van der Waals surface area contributed by atoms with Gasteiger partial charge < -0.3 is 9.52 Å². The number of benzene rings is 2. The van der Waals surface area contributed by atoms with Crippen LogP contribution >= 0.6 is 0 Å². The molecule has 0 aliphatic rings.